The van der Waals surface area contributed by atoms with Gasteiger partial charge in [0.15, 0.2) is 0 Å². The van der Waals surface area contributed by atoms with Gasteiger partial charge in [-0.2, -0.15) is 0 Å². The number of ether oxygens (including phenoxy) is 3. The number of alkyl carbamates (subject to hydrolysis) is 1. The highest BCUT2D eigenvalue weighted by atomic mass is 32.2. The normalized spacial score (nSPS) is 31.7. The molecular formula is C40H56N6O9S. The number of amides is 4. The SMILES string of the molecule is CCC1C[C@]1(NC(=O)[C@@H]1[C@H](CC)[C@@H]2CN1C(=O)CNC(=O)O[C@]1(C)CCC[C@H]1CCCCCc1nc3ccc(OC)cc3nc1O2)C(=O)NS(=O)(=O)C1(C)CC1. The number of nitrogens with one attached hydrogen (secondary N) is 3. The molecule has 2 bridgehead atoms. The quantitative estimate of drug-likeness (QED) is 0.345. The number of aromatic nitrogens is 2. The maximum absolute atomic E-state index is 14.6. The Labute approximate surface area is 328 Å². The lowest BCUT2D eigenvalue weighted by molar-refractivity contribution is -0.140. The summed E-state index contributed by atoms with van der Waals surface area (Å²) in [5.74, 6) is -1.63. The summed E-state index contributed by atoms with van der Waals surface area (Å²) in [6.07, 6.45) is 7.55. The van der Waals surface area contributed by atoms with Crippen molar-refractivity contribution < 1.29 is 41.8 Å². The van der Waals surface area contributed by atoms with Crippen molar-refractivity contribution in [2.75, 3.05) is 20.2 Å². The maximum atomic E-state index is 14.6. The molecule has 4 amide bonds. The van der Waals surface area contributed by atoms with Crippen LogP contribution in [0.25, 0.3) is 11.0 Å². The maximum Gasteiger partial charge on any atom is 0.408 e. The molecule has 7 rings (SSSR count). The van der Waals surface area contributed by atoms with Crippen molar-refractivity contribution in [1.82, 2.24) is 30.2 Å². The highest BCUT2D eigenvalue weighted by Crippen LogP contribution is 2.48. The summed E-state index contributed by atoms with van der Waals surface area (Å²) in [5, 5.41) is 5.57. The van der Waals surface area contributed by atoms with Gasteiger partial charge >= 0.3 is 6.09 Å². The van der Waals surface area contributed by atoms with E-state index in [4.69, 9.17) is 24.2 Å². The molecule has 56 heavy (non-hydrogen) atoms. The highest BCUT2D eigenvalue weighted by molar-refractivity contribution is 7.91. The number of carbonyl (C=O) groups is 4. The van der Waals surface area contributed by atoms with E-state index in [1.807, 2.05) is 32.9 Å². The van der Waals surface area contributed by atoms with Crippen LogP contribution in [-0.2, 0) is 35.6 Å². The molecule has 1 saturated heterocycles. The molecule has 15 nitrogen and oxygen atoms in total. The molecule has 2 aliphatic heterocycles. The Morgan fingerprint density at radius 3 is 2.48 bits per heavy atom. The van der Waals surface area contributed by atoms with Crippen molar-refractivity contribution >= 4 is 44.9 Å². The van der Waals surface area contributed by atoms with Crippen LogP contribution in [0.15, 0.2) is 18.2 Å². The van der Waals surface area contributed by atoms with Crippen molar-refractivity contribution in [3.05, 3.63) is 23.9 Å². The van der Waals surface area contributed by atoms with Crippen LogP contribution in [0.3, 0.4) is 0 Å². The van der Waals surface area contributed by atoms with Crippen LogP contribution in [0.1, 0.15) is 110 Å². The van der Waals surface area contributed by atoms with Gasteiger partial charge in [-0.15, -0.1) is 0 Å². The third-order valence-electron chi connectivity index (χ3n) is 13.3. The second-order valence-electron chi connectivity index (χ2n) is 16.9. The third kappa shape index (κ3) is 7.61. The molecule has 0 spiro atoms. The molecule has 0 radical (unpaired) electrons. The summed E-state index contributed by atoms with van der Waals surface area (Å²) in [7, 11) is -2.39. The van der Waals surface area contributed by atoms with Gasteiger partial charge in [0.25, 0.3) is 5.91 Å². The second-order valence-corrected chi connectivity index (χ2v) is 19.1. The van der Waals surface area contributed by atoms with Gasteiger partial charge in [0.2, 0.25) is 27.7 Å². The first-order valence-corrected chi connectivity index (χ1v) is 21.8. The molecule has 3 saturated carbocycles. The zero-order valence-corrected chi connectivity index (χ0v) is 34.0. The van der Waals surface area contributed by atoms with E-state index in [1.54, 1.807) is 20.1 Å². The molecule has 3 N–H and O–H groups in total. The van der Waals surface area contributed by atoms with E-state index in [0.29, 0.717) is 60.5 Å². The van der Waals surface area contributed by atoms with Crippen LogP contribution in [0, 0.1) is 17.8 Å². The summed E-state index contributed by atoms with van der Waals surface area (Å²) in [4.78, 5) is 67.0. The molecule has 5 aliphatic rings. The van der Waals surface area contributed by atoms with E-state index < -0.39 is 74.3 Å². The van der Waals surface area contributed by atoms with Crippen molar-refractivity contribution in [1.29, 1.82) is 0 Å². The molecule has 1 aromatic heterocycles. The summed E-state index contributed by atoms with van der Waals surface area (Å²) < 4.78 is 45.6. The minimum Gasteiger partial charge on any atom is -0.497 e. The van der Waals surface area contributed by atoms with E-state index in [9.17, 15) is 27.6 Å². The largest absolute Gasteiger partial charge is 0.497 e. The summed E-state index contributed by atoms with van der Waals surface area (Å²) >= 11 is 0. The van der Waals surface area contributed by atoms with Crippen molar-refractivity contribution in [3.8, 4) is 11.6 Å². The Bertz CT molecular complexity index is 1990. The Morgan fingerprint density at radius 1 is 1.02 bits per heavy atom. The molecule has 3 heterocycles. The van der Waals surface area contributed by atoms with Crippen LogP contribution < -0.4 is 24.8 Å². The highest BCUT2D eigenvalue weighted by Gasteiger charge is 2.63. The fraction of sp³-hybridized carbons (Fsp3) is 0.700. The number of nitrogens with zero attached hydrogens (tertiary/aromatic N) is 3. The lowest BCUT2D eigenvalue weighted by atomic mass is 9.87. The Morgan fingerprint density at radius 2 is 1.79 bits per heavy atom. The predicted octanol–water partition coefficient (Wildman–Crippen LogP) is 4.31. The van der Waals surface area contributed by atoms with E-state index in [1.165, 1.54) is 4.90 Å². The molecule has 4 fully saturated rings. The van der Waals surface area contributed by atoms with Crippen LogP contribution in [0.4, 0.5) is 4.79 Å². The number of methoxy groups -OCH3 is 1. The number of hydrogen-bond donors (Lipinski definition) is 3. The van der Waals surface area contributed by atoms with E-state index in [-0.39, 0.29) is 24.8 Å². The average molecular weight is 797 g/mol. The molecule has 16 heteroatoms. The lowest BCUT2D eigenvalue weighted by Gasteiger charge is -2.32. The van der Waals surface area contributed by atoms with E-state index in [0.717, 1.165) is 44.9 Å². The predicted molar refractivity (Wildman–Crippen MR) is 206 cm³/mol. The zero-order chi connectivity index (χ0) is 40.0. The molecule has 1 aromatic carbocycles. The van der Waals surface area contributed by atoms with Crippen molar-refractivity contribution in [2.45, 2.75) is 139 Å². The number of aryl methyl sites for hydroxylation is 1. The van der Waals surface area contributed by atoms with Gasteiger partial charge in [-0.25, -0.2) is 23.2 Å². The molecule has 1 unspecified atom stereocenters. The first-order chi connectivity index (χ1) is 26.7. The van der Waals surface area contributed by atoms with Gasteiger partial charge in [-0.1, -0.05) is 33.1 Å². The second kappa shape index (κ2) is 15.3. The summed E-state index contributed by atoms with van der Waals surface area (Å²) in [6.45, 7) is 6.91. The van der Waals surface area contributed by atoms with Crippen LogP contribution >= 0.6 is 0 Å². The van der Waals surface area contributed by atoms with Gasteiger partial charge in [0.05, 0.1) is 29.4 Å². The Kier molecular flexibility index (Phi) is 10.9. The number of carbonyl (C=O) groups excluding carboxylic acids is 4. The molecule has 306 valence electrons. The van der Waals surface area contributed by atoms with E-state index >= 15 is 0 Å². The minimum absolute atomic E-state index is 0.00759. The topological polar surface area (TPSA) is 195 Å². The average Bonchev–Trinajstić information content (AvgIpc) is 4.02. The van der Waals surface area contributed by atoms with Gasteiger partial charge in [0, 0.05) is 12.0 Å². The molecule has 2 aromatic rings. The summed E-state index contributed by atoms with van der Waals surface area (Å²) in [6, 6.07) is 4.37. The van der Waals surface area contributed by atoms with Crippen LogP contribution in [-0.4, -0.2) is 95.3 Å². The number of sulfonamides is 1. The van der Waals surface area contributed by atoms with E-state index in [2.05, 4.69) is 15.4 Å². The number of fused-ring (bicyclic) bond motifs is 5. The monoisotopic (exact) mass is 796 g/mol. The number of hydrogen-bond acceptors (Lipinski definition) is 11. The fourth-order valence-electron chi connectivity index (χ4n) is 9.20. The lowest BCUT2D eigenvalue weighted by Crippen LogP contribution is -2.58. The minimum atomic E-state index is -3.97. The van der Waals surface area contributed by atoms with Crippen molar-refractivity contribution in [3.63, 3.8) is 0 Å². The fourth-order valence-corrected chi connectivity index (χ4v) is 10.5. The summed E-state index contributed by atoms with van der Waals surface area (Å²) in [5.41, 5.74) is -0.167. The standard InChI is InChI=1S/C40H56N6O9S/c1-6-24-21-40(24,36(49)45-56(51,52)38(3)18-19-38)44-34(48)33-27(7-2)31-23-46(33)32(47)22-41-37(50)55-39(4)17-11-13-25(39)12-9-8-10-14-29-35(54-31)43-30-20-26(53-5)15-16-28(30)42-29/h15-16,20,24-25,27,31,33H,6-14,17-19,21-23H2,1-5H3,(H,41,50)(H,44,48)(H,45,49)/t24?,25-,27-,31+,33+,39-,40-/m1/s1. The molecule has 7 atom stereocenters. The van der Waals surface area contributed by atoms with Gasteiger partial charge in [-0.3, -0.25) is 19.1 Å². The first-order valence-electron chi connectivity index (χ1n) is 20.3. The molecular weight excluding hydrogens is 741 g/mol. The Balaban J connectivity index is 1.21. The smallest absolute Gasteiger partial charge is 0.408 e. The van der Waals surface area contributed by atoms with Gasteiger partial charge in [0.1, 0.15) is 41.3 Å². The van der Waals surface area contributed by atoms with Crippen LogP contribution in [0.5, 0.6) is 11.6 Å². The van der Waals surface area contributed by atoms with Crippen LogP contribution in [0.2, 0.25) is 0 Å². The number of benzene rings is 1. The third-order valence-corrected chi connectivity index (χ3v) is 15.4. The Hall–Kier alpha value is -4.21. The zero-order valence-electron chi connectivity index (χ0n) is 33.1. The number of rotatable bonds is 8. The van der Waals surface area contributed by atoms with Gasteiger partial charge < -0.3 is 29.7 Å². The first kappa shape index (κ1) is 40.0. The van der Waals surface area contributed by atoms with Gasteiger partial charge in [-0.05, 0) is 102 Å². The molecule has 3 aliphatic carbocycles. The van der Waals surface area contributed by atoms with Crippen molar-refractivity contribution in [2.24, 2.45) is 17.8 Å².